The van der Waals surface area contributed by atoms with Crippen molar-refractivity contribution in [3.8, 4) is 5.75 Å². The van der Waals surface area contributed by atoms with Crippen LogP contribution in [0.5, 0.6) is 5.75 Å². The van der Waals surface area contributed by atoms with Gasteiger partial charge in [-0.15, -0.1) is 0 Å². The van der Waals surface area contributed by atoms with Gasteiger partial charge in [0.1, 0.15) is 18.2 Å². The number of hydrogen-bond donors (Lipinski definition) is 1. The molecule has 1 aromatic heterocycles. The van der Waals surface area contributed by atoms with Crippen LogP contribution in [0.3, 0.4) is 0 Å². The molecule has 4 rings (SSSR count). The van der Waals surface area contributed by atoms with E-state index in [0.717, 1.165) is 5.56 Å². The fourth-order valence-electron chi connectivity index (χ4n) is 3.58. The van der Waals surface area contributed by atoms with E-state index in [0.29, 0.717) is 50.6 Å². The van der Waals surface area contributed by atoms with Gasteiger partial charge in [0, 0.05) is 21.2 Å². The zero-order valence-electron chi connectivity index (χ0n) is 18.6. The van der Waals surface area contributed by atoms with E-state index in [1.54, 1.807) is 54.1 Å². The summed E-state index contributed by atoms with van der Waals surface area (Å²) in [6, 6.07) is 18.9. The third-order valence-corrected chi connectivity index (χ3v) is 5.97. The highest BCUT2D eigenvalue weighted by atomic mass is 35.5. The van der Waals surface area contributed by atoms with Crippen LogP contribution >= 0.6 is 23.2 Å². The van der Waals surface area contributed by atoms with Crippen LogP contribution in [0, 0.1) is 19.7 Å². The number of nitrogens with one attached hydrogen (secondary N) is 1. The number of ether oxygens (including phenoxy) is 1. The number of nitrogens with zero attached hydrogens (tertiary/aromatic N) is 2. The lowest BCUT2D eigenvalue weighted by atomic mass is 10.1. The lowest BCUT2D eigenvalue weighted by molar-refractivity contribution is 0.102. The molecule has 0 unspecified atom stereocenters. The van der Waals surface area contributed by atoms with Crippen LogP contribution in [0.25, 0.3) is 0 Å². The van der Waals surface area contributed by atoms with Crippen molar-refractivity contribution in [2.24, 2.45) is 0 Å². The maximum Gasteiger partial charge on any atom is 0.255 e. The number of anilines is 1. The molecule has 0 aliphatic carbocycles. The molecule has 1 N–H and O–H groups in total. The van der Waals surface area contributed by atoms with Gasteiger partial charge in [-0.2, -0.15) is 5.10 Å². The van der Waals surface area contributed by atoms with Crippen molar-refractivity contribution in [3.63, 3.8) is 0 Å². The maximum atomic E-state index is 14.2. The molecule has 1 heterocycles. The first kappa shape index (κ1) is 23.8. The molecule has 0 spiro atoms. The van der Waals surface area contributed by atoms with Gasteiger partial charge < -0.3 is 10.1 Å². The van der Waals surface area contributed by atoms with Crippen molar-refractivity contribution in [1.82, 2.24) is 9.78 Å². The van der Waals surface area contributed by atoms with Gasteiger partial charge in [0.05, 0.1) is 23.6 Å². The minimum Gasteiger partial charge on any atom is -0.489 e. The topological polar surface area (TPSA) is 56.2 Å². The van der Waals surface area contributed by atoms with E-state index in [1.165, 1.54) is 6.07 Å². The zero-order valence-corrected chi connectivity index (χ0v) is 20.1. The lowest BCUT2D eigenvalue weighted by Gasteiger charge is -2.10. The standard InChI is InChI=1S/C26H22Cl2FN3O2/c1-16-25(17(2)32(31-16)14-22-23(28)10-5-11-24(22)29)30-26(33)19-7-3-6-18(12-19)15-34-21-9-4-8-20(27)13-21/h3-13H,14-15H2,1-2H3,(H,30,33). The number of aromatic nitrogens is 2. The Kier molecular flexibility index (Phi) is 7.20. The number of benzene rings is 3. The number of halogens is 3. The summed E-state index contributed by atoms with van der Waals surface area (Å²) in [6.45, 7) is 4.06. The Labute approximate surface area is 207 Å². The molecule has 1 amide bonds. The molecule has 8 heteroatoms. The first-order valence-electron chi connectivity index (χ1n) is 10.6. The maximum absolute atomic E-state index is 14.2. The summed E-state index contributed by atoms with van der Waals surface area (Å²) in [4.78, 5) is 13.0. The zero-order chi connectivity index (χ0) is 24.2. The van der Waals surface area contributed by atoms with Crippen molar-refractivity contribution in [3.05, 3.63) is 111 Å². The molecule has 3 aromatic carbocycles. The van der Waals surface area contributed by atoms with E-state index in [1.807, 2.05) is 25.1 Å². The molecule has 0 saturated carbocycles. The Morgan fingerprint density at radius 3 is 2.59 bits per heavy atom. The summed E-state index contributed by atoms with van der Waals surface area (Å²) in [6.07, 6.45) is 0. The summed E-state index contributed by atoms with van der Waals surface area (Å²) in [5, 5.41) is 8.32. The van der Waals surface area contributed by atoms with Crippen LogP contribution in [0.15, 0.2) is 66.7 Å². The second-order valence-corrected chi connectivity index (χ2v) is 8.65. The van der Waals surface area contributed by atoms with Gasteiger partial charge in [-0.25, -0.2) is 4.39 Å². The molecule has 0 bridgehead atoms. The molecule has 34 heavy (non-hydrogen) atoms. The van der Waals surface area contributed by atoms with Crippen LogP contribution < -0.4 is 10.1 Å². The average molecular weight is 498 g/mol. The molecule has 0 aliphatic heterocycles. The highest BCUT2D eigenvalue weighted by molar-refractivity contribution is 6.31. The third kappa shape index (κ3) is 5.41. The molecule has 5 nitrogen and oxygen atoms in total. The van der Waals surface area contributed by atoms with Gasteiger partial charge in [0.15, 0.2) is 0 Å². The molecule has 0 aliphatic rings. The Morgan fingerprint density at radius 2 is 1.82 bits per heavy atom. The predicted octanol–water partition coefficient (Wildman–Crippen LogP) is 6.83. The van der Waals surface area contributed by atoms with Crippen LogP contribution in [-0.4, -0.2) is 15.7 Å². The van der Waals surface area contributed by atoms with Gasteiger partial charge in [-0.3, -0.25) is 9.48 Å². The SMILES string of the molecule is Cc1nn(Cc2c(F)cccc2Cl)c(C)c1NC(=O)c1cccc(COc2cccc(Cl)c2)c1. The third-order valence-electron chi connectivity index (χ3n) is 5.38. The highest BCUT2D eigenvalue weighted by Crippen LogP contribution is 2.25. The fraction of sp³-hybridized carbons (Fsp3) is 0.154. The summed E-state index contributed by atoms with van der Waals surface area (Å²) in [5.74, 6) is -0.0299. The molecule has 4 aromatic rings. The monoisotopic (exact) mass is 497 g/mol. The fourth-order valence-corrected chi connectivity index (χ4v) is 3.98. The molecule has 0 atom stereocenters. The highest BCUT2D eigenvalue weighted by Gasteiger charge is 2.17. The summed E-state index contributed by atoms with van der Waals surface area (Å²) < 4.78 is 21.6. The van der Waals surface area contributed by atoms with Gasteiger partial charge in [0.2, 0.25) is 0 Å². The van der Waals surface area contributed by atoms with Crippen molar-refractivity contribution in [2.45, 2.75) is 27.0 Å². The minimum atomic E-state index is -0.401. The number of aryl methyl sites for hydroxylation is 1. The predicted molar refractivity (Wildman–Crippen MR) is 132 cm³/mol. The van der Waals surface area contributed by atoms with E-state index >= 15 is 0 Å². The van der Waals surface area contributed by atoms with E-state index in [-0.39, 0.29) is 12.5 Å². The Morgan fingerprint density at radius 1 is 1.06 bits per heavy atom. The smallest absolute Gasteiger partial charge is 0.255 e. The largest absolute Gasteiger partial charge is 0.489 e. The summed E-state index contributed by atoms with van der Waals surface area (Å²) in [5.41, 5.74) is 3.57. The van der Waals surface area contributed by atoms with Gasteiger partial charge >= 0.3 is 0 Å². The molecule has 0 saturated heterocycles. The first-order chi connectivity index (χ1) is 16.3. The minimum absolute atomic E-state index is 0.157. The average Bonchev–Trinajstić information content (AvgIpc) is 3.08. The van der Waals surface area contributed by atoms with E-state index in [9.17, 15) is 9.18 Å². The van der Waals surface area contributed by atoms with Crippen molar-refractivity contribution < 1.29 is 13.9 Å². The van der Waals surface area contributed by atoms with Gasteiger partial charge in [0.25, 0.3) is 5.91 Å². The summed E-state index contributed by atoms with van der Waals surface area (Å²) in [7, 11) is 0. The quantitative estimate of drug-likeness (QED) is 0.304. The van der Waals surface area contributed by atoms with Crippen LogP contribution in [-0.2, 0) is 13.2 Å². The number of carbonyl (C=O) groups is 1. The van der Waals surface area contributed by atoms with E-state index < -0.39 is 5.82 Å². The second kappa shape index (κ2) is 10.3. The van der Waals surface area contributed by atoms with Crippen molar-refractivity contribution >= 4 is 34.8 Å². The number of amides is 1. The van der Waals surface area contributed by atoms with E-state index in [2.05, 4.69) is 10.4 Å². The van der Waals surface area contributed by atoms with Crippen molar-refractivity contribution in [2.75, 3.05) is 5.32 Å². The van der Waals surface area contributed by atoms with Gasteiger partial charge in [-0.05, 0) is 61.9 Å². The van der Waals surface area contributed by atoms with Crippen molar-refractivity contribution in [1.29, 1.82) is 0 Å². The Hall–Kier alpha value is -3.35. The Balaban J connectivity index is 1.48. The molecule has 0 fully saturated rings. The first-order valence-corrected chi connectivity index (χ1v) is 11.3. The molecule has 174 valence electrons. The Bertz CT molecular complexity index is 1330. The van der Waals surface area contributed by atoms with Gasteiger partial charge in [-0.1, -0.05) is 47.5 Å². The molecule has 0 radical (unpaired) electrons. The lowest BCUT2D eigenvalue weighted by Crippen LogP contribution is -2.14. The van der Waals surface area contributed by atoms with E-state index in [4.69, 9.17) is 27.9 Å². The van der Waals surface area contributed by atoms with Crippen LogP contribution in [0.4, 0.5) is 10.1 Å². The number of hydrogen-bond acceptors (Lipinski definition) is 3. The molecular weight excluding hydrogens is 476 g/mol. The van der Waals surface area contributed by atoms with Crippen LogP contribution in [0.1, 0.15) is 32.9 Å². The second-order valence-electron chi connectivity index (χ2n) is 7.80. The summed E-state index contributed by atoms with van der Waals surface area (Å²) >= 11 is 12.2. The van der Waals surface area contributed by atoms with Crippen LogP contribution in [0.2, 0.25) is 10.0 Å². The normalized spacial score (nSPS) is 10.9. The number of rotatable bonds is 7. The molecular formula is C26H22Cl2FN3O2. The number of carbonyl (C=O) groups excluding carboxylic acids is 1.